The van der Waals surface area contributed by atoms with Crippen molar-refractivity contribution in [1.82, 2.24) is 34.6 Å². The van der Waals surface area contributed by atoms with Gasteiger partial charge in [0.2, 0.25) is 11.9 Å². The lowest BCUT2D eigenvalue weighted by atomic mass is 9.74. The molecular formula is C30H36N8O4. The molecule has 4 aliphatic rings. The van der Waals surface area contributed by atoms with Gasteiger partial charge in [-0.1, -0.05) is 12.8 Å². The highest BCUT2D eigenvalue weighted by Crippen LogP contribution is 2.49. The first-order valence-corrected chi connectivity index (χ1v) is 14.9. The third-order valence-corrected chi connectivity index (χ3v) is 9.44. The van der Waals surface area contributed by atoms with E-state index in [9.17, 15) is 14.4 Å². The zero-order chi connectivity index (χ0) is 29.0. The van der Waals surface area contributed by atoms with Crippen LogP contribution in [-0.4, -0.2) is 80.0 Å². The first-order chi connectivity index (χ1) is 20.3. The Balaban J connectivity index is 1.05. The van der Waals surface area contributed by atoms with E-state index in [4.69, 9.17) is 9.72 Å². The lowest BCUT2D eigenvalue weighted by Gasteiger charge is -2.43. The Hall–Kier alpha value is -4.22. The molecule has 12 heteroatoms. The molecule has 3 saturated heterocycles. The summed E-state index contributed by atoms with van der Waals surface area (Å²) in [6, 6.07) is 5.73. The molecule has 1 spiro atoms. The van der Waals surface area contributed by atoms with E-state index in [2.05, 4.69) is 25.2 Å². The van der Waals surface area contributed by atoms with E-state index in [0.29, 0.717) is 36.2 Å². The second kappa shape index (κ2) is 10.2. The van der Waals surface area contributed by atoms with Gasteiger partial charge >= 0.3 is 6.09 Å². The van der Waals surface area contributed by atoms with Gasteiger partial charge in [0.25, 0.3) is 5.91 Å². The van der Waals surface area contributed by atoms with Crippen LogP contribution in [0.15, 0.2) is 30.6 Å². The summed E-state index contributed by atoms with van der Waals surface area (Å²) in [7, 11) is 3.51. The molecule has 3 aliphatic heterocycles. The fourth-order valence-corrected chi connectivity index (χ4v) is 7.56. The first-order valence-electron chi connectivity index (χ1n) is 14.9. The van der Waals surface area contributed by atoms with Crippen LogP contribution >= 0.6 is 0 Å². The number of fused-ring (bicyclic) bond motifs is 3. The van der Waals surface area contributed by atoms with Crippen molar-refractivity contribution in [3.8, 4) is 5.75 Å². The average molecular weight is 573 g/mol. The molecule has 12 nitrogen and oxygen atoms in total. The number of aromatic nitrogens is 4. The summed E-state index contributed by atoms with van der Waals surface area (Å²) < 4.78 is 7.80. The molecule has 220 valence electrons. The molecule has 0 radical (unpaired) electrons. The number of hydrogen-bond acceptors (Lipinski definition) is 8. The summed E-state index contributed by atoms with van der Waals surface area (Å²) in [4.78, 5) is 55.1. The SMILES string of the molecule is CN(C)C(=O)c1cc2cnc(Nc3ccc(OC(=O)N4C5CCC4CC4(CNC(=O)C4)C5)cn3)nc2n1C1CCCC1. The number of ether oxygens (including phenoxy) is 1. The maximum absolute atomic E-state index is 13.2. The molecule has 2 bridgehead atoms. The predicted molar refractivity (Wildman–Crippen MR) is 155 cm³/mol. The number of amides is 3. The highest BCUT2D eigenvalue weighted by Gasteiger charge is 2.53. The smallest absolute Gasteiger partial charge is 0.409 e. The maximum atomic E-state index is 13.2. The molecule has 1 saturated carbocycles. The molecule has 2 unspecified atom stereocenters. The van der Waals surface area contributed by atoms with Crippen LogP contribution in [0.5, 0.6) is 5.75 Å². The second-order valence-corrected chi connectivity index (χ2v) is 12.5. The third kappa shape index (κ3) is 4.72. The topological polar surface area (TPSA) is 135 Å². The van der Waals surface area contributed by atoms with Gasteiger partial charge in [-0.15, -0.1) is 0 Å². The number of nitrogens with zero attached hydrogens (tertiary/aromatic N) is 6. The fourth-order valence-electron chi connectivity index (χ4n) is 7.56. The normalized spacial score (nSPS) is 25.3. The van der Waals surface area contributed by atoms with Crippen LogP contribution < -0.4 is 15.4 Å². The third-order valence-electron chi connectivity index (χ3n) is 9.44. The Bertz CT molecular complexity index is 1530. The van der Waals surface area contributed by atoms with Crippen molar-refractivity contribution in [3.05, 3.63) is 36.3 Å². The van der Waals surface area contributed by atoms with E-state index < -0.39 is 0 Å². The van der Waals surface area contributed by atoms with Gasteiger partial charge in [-0.2, -0.15) is 4.98 Å². The summed E-state index contributed by atoms with van der Waals surface area (Å²) >= 11 is 0. The van der Waals surface area contributed by atoms with Crippen LogP contribution in [0.4, 0.5) is 16.6 Å². The summed E-state index contributed by atoms with van der Waals surface area (Å²) in [5.41, 5.74) is 1.33. The van der Waals surface area contributed by atoms with Gasteiger partial charge < -0.3 is 29.7 Å². The molecule has 42 heavy (non-hydrogen) atoms. The monoisotopic (exact) mass is 572 g/mol. The standard InChI is InChI=1S/C30H36N8O4/c1-36(2)27(40)23-11-18-15-32-28(35-26(18)38(23)19-5-3-4-6-19)34-24-10-9-22(16-31-24)42-29(41)37-20-7-8-21(37)13-30(12-20)14-25(39)33-17-30/h9-11,15-16,19-21H,3-8,12-14,17H2,1-2H3,(H,33,39)(H,31,32,34,35). The molecule has 6 heterocycles. The molecule has 2 atom stereocenters. The molecule has 1 aliphatic carbocycles. The van der Waals surface area contributed by atoms with Crippen molar-refractivity contribution >= 4 is 40.7 Å². The fraction of sp³-hybridized carbons (Fsp3) is 0.533. The van der Waals surface area contributed by atoms with E-state index in [-0.39, 0.29) is 41.4 Å². The zero-order valence-corrected chi connectivity index (χ0v) is 24.0. The molecule has 4 fully saturated rings. The second-order valence-electron chi connectivity index (χ2n) is 12.5. The number of hydrogen-bond donors (Lipinski definition) is 2. The van der Waals surface area contributed by atoms with Gasteiger partial charge in [0.1, 0.15) is 17.2 Å². The maximum Gasteiger partial charge on any atom is 0.415 e. The summed E-state index contributed by atoms with van der Waals surface area (Å²) in [5, 5.41) is 6.94. The van der Waals surface area contributed by atoms with Crippen molar-refractivity contribution in [2.45, 2.75) is 75.9 Å². The van der Waals surface area contributed by atoms with Crippen LogP contribution in [0, 0.1) is 5.41 Å². The van der Waals surface area contributed by atoms with E-state index in [0.717, 1.165) is 62.4 Å². The first kappa shape index (κ1) is 26.7. The quantitative estimate of drug-likeness (QED) is 0.468. The van der Waals surface area contributed by atoms with Crippen molar-refractivity contribution in [1.29, 1.82) is 0 Å². The van der Waals surface area contributed by atoms with Crippen LogP contribution in [0.25, 0.3) is 11.0 Å². The van der Waals surface area contributed by atoms with Gasteiger partial charge in [0.05, 0.1) is 6.20 Å². The van der Waals surface area contributed by atoms with E-state index in [1.807, 2.05) is 11.0 Å². The number of nitrogens with one attached hydrogen (secondary N) is 2. The minimum absolute atomic E-state index is 0.0260. The minimum Gasteiger partial charge on any atom is -0.409 e. The van der Waals surface area contributed by atoms with Crippen molar-refractivity contribution in [2.75, 3.05) is 26.0 Å². The van der Waals surface area contributed by atoms with Gasteiger partial charge in [-0.05, 0) is 56.7 Å². The van der Waals surface area contributed by atoms with Gasteiger partial charge in [-0.3, -0.25) is 9.59 Å². The molecule has 2 N–H and O–H groups in total. The Kier molecular flexibility index (Phi) is 6.51. The molecule has 3 aromatic heterocycles. The summed E-state index contributed by atoms with van der Waals surface area (Å²) in [5.74, 6) is 1.31. The number of rotatable bonds is 5. The van der Waals surface area contributed by atoms with Crippen molar-refractivity contribution in [3.63, 3.8) is 0 Å². The lowest BCUT2D eigenvalue weighted by Crippen LogP contribution is -2.51. The molecule has 7 rings (SSSR count). The van der Waals surface area contributed by atoms with Crippen LogP contribution in [0.2, 0.25) is 0 Å². The van der Waals surface area contributed by atoms with Crippen LogP contribution in [-0.2, 0) is 4.79 Å². The summed E-state index contributed by atoms with van der Waals surface area (Å²) in [6.45, 7) is 0.707. The van der Waals surface area contributed by atoms with Gasteiger partial charge in [0, 0.05) is 62.2 Å². The van der Waals surface area contributed by atoms with Crippen molar-refractivity contribution < 1.29 is 19.1 Å². The Morgan fingerprint density at radius 2 is 1.81 bits per heavy atom. The lowest BCUT2D eigenvalue weighted by molar-refractivity contribution is -0.120. The van der Waals surface area contributed by atoms with Crippen molar-refractivity contribution in [2.24, 2.45) is 5.41 Å². The highest BCUT2D eigenvalue weighted by molar-refractivity contribution is 5.98. The molecule has 3 aromatic rings. The largest absolute Gasteiger partial charge is 0.415 e. The summed E-state index contributed by atoms with van der Waals surface area (Å²) in [6.07, 6.45) is 11.3. The Labute approximate surface area is 243 Å². The van der Waals surface area contributed by atoms with Crippen LogP contribution in [0.3, 0.4) is 0 Å². The van der Waals surface area contributed by atoms with Gasteiger partial charge in [0.15, 0.2) is 5.75 Å². The minimum atomic E-state index is -0.360. The van der Waals surface area contributed by atoms with E-state index >= 15 is 0 Å². The van der Waals surface area contributed by atoms with E-state index in [1.165, 1.54) is 6.20 Å². The number of anilines is 2. The number of carbonyl (C=O) groups excluding carboxylic acids is 3. The highest BCUT2D eigenvalue weighted by atomic mass is 16.6. The number of carbonyl (C=O) groups is 3. The average Bonchev–Trinajstić information content (AvgIpc) is 3.75. The van der Waals surface area contributed by atoms with Crippen LogP contribution in [0.1, 0.15) is 74.3 Å². The Morgan fingerprint density at radius 3 is 2.45 bits per heavy atom. The molecule has 3 amide bonds. The van der Waals surface area contributed by atoms with E-state index in [1.54, 1.807) is 37.3 Å². The zero-order valence-electron chi connectivity index (χ0n) is 24.0. The van der Waals surface area contributed by atoms with Gasteiger partial charge in [-0.25, -0.2) is 14.8 Å². The number of pyridine rings is 1. The Morgan fingerprint density at radius 1 is 1.05 bits per heavy atom. The number of piperidine rings is 1. The molecule has 0 aromatic carbocycles. The molecular weight excluding hydrogens is 536 g/mol. The predicted octanol–water partition coefficient (Wildman–Crippen LogP) is 4.02.